The van der Waals surface area contributed by atoms with Gasteiger partial charge in [0.1, 0.15) is 17.3 Å². The number of rotatable bonds is 5. The Hall–Kier alpha value is -3.26. The van der Waals surface area contributed by atoms with Gasteiger partial charge in [0.15, 0.2) is 0 Å². The normalized spacial score (nSPS) is 22.9. The summed E-state index contributed by atoms with van der Waals surface area (Å²) in [6.07, 6.45) is 0.988. The quantitative estimate of drug-likeness (QED) is 0.593. The van der Waals surface area contributed by atoms with Crippen LogP contribution in [0.2, 0.25) is 0 Å². The van der Waals surface area contributed by atoms with Gasteiger partial charge in [0.25, 0.3) is 5.91 Å². The number of pyridine rings is 1. The summed E-state index contributed by atoms with van der Waals surface area (Å²) < 4.78 is 28.9. The highest BCUT2D eigenvalue weighted by Gasteiger charge is 2.65. The van der Waals surface area contributed by atoms with Crippen LogP contribution in [0, 0.1) is 17.0 Å². The molecule has 8 heteroatoms. The second kappa shape index (κ2) is 7.91. The van der Waals surface area contributed by atoms with Crippen molar-refractivity contribution in [3.63, 3.8) is 0 Å². The van der Waals surface area contributed by atoms with E-state index >= 15 is 0 Å². The highest BCUT2D eigenvalue weighted by molar-refractivity contribution is 5.92. The number of aromatic nitrogens is 3. The second-order valence-electron chi connectivity index (χ2n) is 9.82. The van der Waals surface area contributed by atoms with Crippen molar-refractivity contribution in [1.29, 1.82) is 0 Å². The number of carbonyl (C=O) groups excluding carboxylic acids is 1. The van der Waals surface area contributed by atoms with Gasteiger partial charge in [-0.1, -0.05) is 26.0 Å². The van der Waals surface area contributed by atoms with E-state index in [1.807, 2.05) is 6.07 Å². The number of nitrogens with one attached hydrogen (secondary N) is 1. The molecule has 3 atom stereocenters. The fraction of sp³-hybridized carbons (Fsp3) is 0.385. The van der Waals surface area contributed by atoms with Crippen molar-refractivity contribution in [3.8, 4) is 11.3 Å². The predicted octanol–water partition coefficient (Wildman–Crippen LogP) is 4.13. The Morgan fingerprint density at radius 1 is 1.18 bits per heavy atom. The van der Waals surface area contributed by atoms with E-state index in [0.29, 0.717) is 0 Å². The van der Waals surface area contributed by atoms with Crippen LogP contribution in [0.1, 0.15) is 67.0 Å². The Morgan fingerprint density at radius 3 is 2.59 bits per heavy atom. The minimum absolute atomic E-state index is 0.112. The number of hydrogen-bond acceptors (Lipinski definition) is 5. The summed E-state index contributed by atoms with van der Waals surface area (Å²) in [5.41, 5.74) is 1.79. The molecular weight excluding hydrogens is 438 g/mol. The Kier molecular flexibility index (Phi) is 5.24. The molecule has 2 N–H and O–H groups in total. The van der Waals surface area contributed by atoms with Crippen molar-refractivity contribution in [3.05, 3.63) is 76.7 Å². The Morgan fingerprint density at radius 2 is 1.88 bits per heavy atom. The van der Waals surface area contributed by atoms with Crippen molar-refractivity contribution in [2.24, 2.45) is 5.41 Å². The highest BCUT2D eigenvalue weighted by Crippen LogP contribution is 2.69. The number of nitrogens with zero attached hydrogens (tertiary/aromatic N) is 3. The molecule has 0 aliphatic heterocycles. The van der Waals surface area contributed by atoms with Gasteiger partial charge >= 0.3 is 0 Å². The third-order valence-electron chi connectivity index (χ3n) is 7.58. The third-order valence-corrected chi connectivity index (χ3v) is 7.58. The van der Waals surface area contributed by atoms with E-state index in [2.05, 4.69) is 29.4 Å². The average Bonchev–Trinajstić information content (AvgIpc) is 3.18. The van der Waals surface area contributed by atoms with Gasteiger partial charge in [-0.05, 0) is 67.0 Å². The summed E-state index contributed by atoms with van der Waals surface area (Å²) in [4.78, 5) is 17.3. The van der Waals surface area contributed by atoms with Crippen LogP contribution in [0.5, 0.6) is 0 Å². The van der Waals surface area contributed by atoms with Gasteiger partial charge in [0.2, 0.25) is 0 Å². The van der Waals surface area contributed by atoms with Crippen LogP contribution in [0.15, 0.2) is 42.5 Å². The van der Waals surface area contributed by atoms with Gasteiger partial charge < -0.3 is 10.4 Å². The average molecular weight is 465 g/mol. The molecule has 2 heterocycles. The largest absolute Gasteiger partial charge is 0.392 e. The zero-order valence-electron chi connectivity index (χ0n) is 19.3. The van der Waals surface area contributed by atoms with Gasteiger partial charge in [-0.25, -0.2) is 13.8 Å². The molecular formula is C26H26F2N4O2. The first-order valence-electron chi connectivity index (χ1n) is 11.4. The number of aliphatic hydroxyl groups is 1. The molecule has 1 unspecified atom stereocenters. The molecule has 0 saturated heterocycles. The maximum Gasteiger partial charge on any atom is 0.269 e. The number of halogens is 2. The van der Waals surface area contributed by atoms with Crippen LogP contribution in [0.25, 0.3) is 11.3 Å². The van der Waals surface area contributed by atoms with E-state index in [1.165, 1.54) is 18.2 Å². The van der Waals surface area contributed by atoms with Crippen LogP contribution >= 0.6 is 0 Å². The standard InChI is InChI=1S/C26H26F2N4O2/c1-14(33)13-29-24(34)19-8-5-9-21(30-19)26-11-10-16(25(26,2)3)15-12-20(31-32-23(15)26)22-17(27)6-4-7-18(22)28/h4-9,12,14,16,33H,10-11,13H2,1-3H3,(H,29,34)/t14?,16-,26-/m0/s1. The van der Waals surface area contributed by atoms with Gasteiger partial charge in [-0.15, -0.1) is 5.10 Å². The molecule has 3 aromatic rings. The summed E-state index contributed by atoms with van der Waals surface area (Å²) in [5, 5.41) is 20.9. The molecule has 2 aromatic heterocycles. The minimum atomic E-state index is -0.677. The van der Waals surface area contributed by atoms with E-state index in [0.717, 1.165) is 29.8 Å². The van der Waals surface area contributed by atoms with Crippen molar-refractivity contribution in [2.75, 3.05) is 6.54 Å². The van der Waals surface area contributed by atoms with Gasteiger partial charge in [0, 0.05) is 6.54 Å². The second-order valence-corrected chi connectivity index (χ2v) is 9.82. The lowest BCUT2D eigenvalue weighted by atomic mass is 9.66. The van der Waals surface area contributed by atoms with E-state index in [1.54, 1.807) is 25.1 Å². The first kappa shape index (κ1) is 22.5. The van der Waals surface area contributed by atoms with E-state index in [4.69, 9.17) is 4.98 Å². The van der Waals surface area contributed by atoms with Gasteiger partial charge in [-0.2, -0.15) is 5.10 Å². The number of hydrogen-bond donors (Lipinski definition) is 2. The molecule has 0 radical (unpaired) electrons. The fourth-order valence-electron chi connectivity index (χ4n) is 5.89. The summed E-state index contributed by atoms with van der Waals surface area (Å²) in [6.45, 7) is 6.03. The molecule has 6 nitrogen and oxygen atoms in total. The number of fused-ring (bicyclic) bond motifs is 5. The van der Waals surface area contributed by atoms with E-state index < -0.39 is 23.2 Å². The Balaban J connectivity index is 1.61. The fourth-order valence-corrected chi connectivity index (χ4v) is 5.89. The van der Waals surface area contributed by atoms with Crippen molar-refractivity contribution < 1.29 is 18.7 Å². The molecule has 1 saturated carbocycles. The van der Waals surface area contributed by atoms with Crippen LogP contribution < -0.4 is 5.32 Å². The molecule has 1 fully saturated rings. The van der Waals surface area contributed by atoms with Crippen molar-refractivity contribution in [2.45, 2.75) is 51.0 Å². The maximum absolute atomic E-state index is 14.4. The predicted molar refractivity (Wildman–Crippen MR) is 122 cm³/mol. The van der Waals surface area contributed by atoms with Crippen LogP contribution in [-0.4, -0.2) is 38.8 Å². The lowest BCUT2D eigenvalue weighted by molar-refractivity contribution is 0.0918. The minimum Gasteiger partial charge on any atom is -0.392 e. The summed E-state index contributed by atoms with van der Waals surface area (Å²) in [6, 6.07) is 10.8. The maximum atomic E-state index is 14.4. The molecule has 1 amide bonds. The molecule has 1 aromatic carbocycles. The van der Waals surface area contributed by atoms with Crippen molar-refractivity contribution >= 4 is 5.91 Å². The zero-order chi connectivity index (χ0) is 24.3. The number of benzene rings is 1. The van der Waals surface area contributed by atoms with Crippen molar-refractivity contribution in [1.82, 2.24) is 20.5 Å². The van der Waals surface area contributed by atoms with Crippen LogP contribution in [0.3, 0.4) is 0 Å². The highest BCUT2D eigenvalue weighted by atomic mass is 19.1. The molecule has 34 heavy (non-hydrogen) atoms. The molecule has 2 aliphatic rings. The monoisotopic (exact) mass is 464 g/mol. The number of amides is 1. The Labute approximate surface area is 196 Å². The van der Waals surface area contributed by atoms with Crippen LogP contribution in [-0.2, 0) is 5.41 Å². The lowest BCUT2D eigenvalue weighted by Crippen LogP contribution is -2.38. The molecule has 176 valence electrons. The van der Waals surface area contributed by atoms with Crippen LogP contribution in [0.4, 0.5) is 8.78 Å². The van der Waals surface area contributed by atoms with Gasteiger partial charge in [-0.3, -0.25) is 4.79 Å². The third kappa shape index (κ3) is 3.15. The molecule has 2 aliphatic carbocycles. The summed E-state index contributed by atoms with van der Waals surface area (Å²) >= 11 is 0. The smallest absolute Gasteiger partial charge is 0.269 e. The van der Waals surface area contributed by atoms with E-state index in [9.17, 15) is 18.7 Å². The molecule has 0 spiro atoms. The SMILES string of the molecule is CC(O)CNC(=O)c1cccc([C@@]23CC[C@@H](c4cc(-c5c(F)cccc5F)nnc42)C3(C)C)n1. The topological polar surface area (TPSA) is 88.0 Å². The summed E-state index contributed by atoms with van der Waals surface area (Å²) in [7, 11) is 0. The zero-order valence-corrected chi connectivity index (χ0v) is 19.3. The first-order valence-corrected chi connectivity index (χ1v) is 11.4. The first-order chi connectivity index (χ1) is 16.2. The van der Waals surface area contributed by atoms with Gasteiger partial charge in [0.05, 0.1) is 34.2 Å². The lowest BCUT2D eigenvalue weighted by Gasteiger charge is -2.37. The summed E-state index contributed by atoms with van der Waals surface area (Å²) in [5.74, 6) is -1.60. The number of carbonyl (C=O) groups is 1. The molecule has 2 bridgehead atoms. The molecule has 5 rings (SSSR count). The van der Waals surface area contributed by atoms with E-state index in [-0.39, 0.29) is 40.7 Å². The number of aliphatic hydroxyl groups excluding tert-OH is 1. The Bertz CT molecular complexity index is 1270.